The first-order valence-corrected chi connectivity index (χ1v) is 30.0. The zero-order valence-electron chi connectivity index (χ0n) is 39.3. The molecule has 10 aromatic rings. The van der Waals surface area contributed by atoms with Gasteiger partial charge in [0.1, 0.15) is 5.58 Å². The number of benzene rings is 6. The molecular formula is C59H56GeIrN4O-2. The van der Waals surface area contributed by atoms with E-state index in [4.69, 9.17) is 19.4 Å². The fourth-order valence-electron chi connectivity index (χ4n) is 8.87. The summed E-state index contributed by atoms with van der Waals surface area (Å²) in [6, 6.07) is 57.6. The molecule has 0 fully saturated rings. The average molecular weight is 1100 g/mol. The molecule has 4 aromatic heterocycles. The SMILES string of the molecule is CC(C)Cc1cc(-c2[c-]cccc2)nc[c]1[Ge]([CH3])([CH3])[CH3].Cc1cccc2oc3c(-c4nc5ccccc5n4-c4c(-c5ccccc5)cc(C(C)(C)C)cc4-c4ccccc4)[c-]cnc3c12.[Ir]. The van der Waals surface area contributed by atoms with Crippen molar-refractivity contribution in [3.63, 3.8) is 0 Å². The van der Waals surface area contributed by atoms with Gasteiger partial charge in [-0.1, -0.05) is 106 Å². The number of rotatable bonds is 8. The minimum atomic E-state index is -1.86. The van der Waals surface area contributed by atoms with Gasteiger partial charge in [-0.25, -0.2) is 0 Å². The second-order valence-corrected chi connectivity index (χ2v) is 30.1. The fourth-order valence-corrected chi connectivity index (χ4v) is 12.2. The summed E-state index contributed by atoms with van der Waals surface area (Å²) in [4.78, 5) is 14.7. The third-order valence-electron chi connectivity index (χ3n) is 12.1. The standard InChI is InChI=1S/C41H32N3O.C18H24GeN.Ir/c1-26-14-13-21-35-36(26)37-39(45-35)30(22-23-42-37)40-43-33-19-11-12-20-34(33)44(40)38-31(27-15-7-5-8-16-27)24-29(41(2,3)4)25-32(38)28-17-9-6-10-18-28;1-14(2)11-16-12-18(15-9-7-6-8-10-15)20-13-17(16)19(3,4)5;/h5-21,23-25H,1-4H3;6-9,12-14H,11H2,1-5H3;/q2*-1;. The number of pyridine rings is 2. The Morgan fingerprint density at radius 2 is 1.38 bits per heavy atom. The van der Waals surface area contributed by atoms with Crippen molar-refractivity contribution in [2.45, 2.75) is 70.6 Å². The molecule has 0 aliphatic heterocycles. The van der Waals surface area contributed by atoms with E-state index >= 15 is 0 Å². The van der Waals surface area contributed by atoms with Crippen molar-refractivity contribution in [2.24, 2.45) is 5.92 Å². The summed E-state index contributed by atoms with van der Waals surface area (Å²) in [5.74, 6) is 8.76. The summed E-state index contributed by atoms with van der Waals surface area (Å²) in [7, 11) is 0. The van der Waals surface area contributed by atoms with Crippen LogP contribution < -0.4 is 4.40 Å². The Hall–Kier alpha value is -5.92. The van der Waals surface area contributed by atoms with Gasteiger partial charge in [0.15, 0.2) is 0 Å². The molecule has 0 N–H and O–H groups in total. The van der Waals surface area contributed by atoms with Crippen molar-refractivity contribution in [3.05, 3.63) is 187 Å². The van der Waals surface area contributed by atoms with Gasteiger partial charge in [-0.15, -0.1) is 11.6 Å². The molecule has 10 rings (SSSR count). The summed E-state index contributed by atoms with van der Waals surface area (Å²) >= 11 is -1.86. The van der Waals surface area contributed by atoms with Crippen LogP contribution in [-0.4, -0.2) is 32.8 Å². The Balaban J connectivity index is 0.000000238. The Morgan fingerprint density at radius 1 is 0.727 bits per heavy atom. The molecule has 0 aliphatic carbocycles. The summed E-state index contributed by atoms with van der Waals surface area (Å²) in [5.41, 5.74) is 16.6. The molecule has 0 aliphatic rings. The minimum absolute atomic E-state index is 0. The zero-order chi connectivity index (χ0) is 45.5. The van der Waals surface area contributed by atoms with Crippen LogP contribution in [0.3, 0.4) is 0 Å². The predicted octanol–water partition coefficient (Wildman–Crippen LogP) is 15.0. The maximum absolute atomic E-state index is 6.55. The summed E-state index contributed by atoms with van der Waals surface area (Å²) in [6.07, 6.45) is 5.02. The molecule has 0 saturated heterocycles. The van der Waals surface area contributed by atoms with Crippen molar-refractivity contribution in [1.82, 2.24) is 19.5 Å². The smallest absolute Gasteiger partial charge is 0.119 e. The second-order valence-electron chi connectivity index (χ2n) is 19.5. The van der Waals surface area contributed by atoms with Crippen LogP contribution in [0, 0.1) is 25.0 Å². The minimum Gasteiger partial charge on any atom is -0.513 e. The first kappa shape index (κ1) is 46.6. The van der Waals surface area contributed by atoms with E-state index in [1.807, 2.05) is 36.4 Å². The van der Waals surface area contributed by atoms with E-state index < -0.39 is 13.3 Å². The van der Waals surface area contributed by atoms with E-state index in [0.29, 0.717) is 11.5 Å². The molecule has 0 amide bonds. The van der Waals surface area contributed by atoms with E-state index in [-0.39, 0.29) is 25.5 Å². The predicted molar refractivity (Wildman–Crippen MR) is 275 cm³/mol. The molecule has 4 heterocycles. The van der Waals surface area contributed by atoms with Gasteiger partial charge < -0.3 is 8.98 Å². The number of nitrogens with zero attached hydrogens (tertiary/aromatic N) is 4. The quantitative estimate of drug-likeness (QED) is 0.112. The largest absolute Gasteiger partial charge is 0.513 e. The monoisotopic (exact) mass is 1100 g/mol. The molecule has 5 nitrogen and oxygen atoms in total. The third-order valence-corrected chi connectivity index (χ3v) is 16.4. The van der Waals surface area contributed by atoms with Crippen LogP contribution in [0.25, 0.3) is 83.7 Å². The maximum Gasteiger partial charge on any atom is 0.119 e. The number of hydrogen-bond acceptors (Lipinski definition) is 4. The molecule has 0 spiro atoms. The van der Waals surface area contributed by atoms with Gasteiger partial charge in [0.25, 0.3) is 0 Å². The Kier molecular flexibility index (Phi) is 13.5. The van der Waals surface area contributed by atoms with Gasteiger partial charge in [-0.3, -0.25) is 9.97 Å². The van der Waals surface area contributed by atoms with Crippen LogP contribution in [0.2, 0.25) is 17.3 Å². The van der Waals surface area contributed by atoms with Crippen LogP contribution >= 0.6 is 0 Å². The number of hydrogen-bond donors (Lipinski definition) is 0. The van der Waals surface area contributed by atoms with Gasteiger partial charge in [0.05, 0.1) is 27.8 Å². The van der Waals surface area contributed by atoms with Crippen molar-refractivity contribution < 1.29 is 24.5 Å². The van der Waals surface area contributed by atoms with E-state index in [1.54, 1.807) is 10.6 Å². The molecule has 1 radical (unpaired) electrons. The first-order valence-electron chi connectivity index (χ1n) is 22.7. The van der Waals surface area contributed by atoms with Crippen LogP contribution in [0.15, 0.2) is 162 Å². The molecular weight excluding hydrogens is 1050 g/mol. The Morgan fingerprint density at radius 3 is 2.00 bits per heavy atom. The molecule has 333 valence electrons. The number of imidazole rings is 1. The third kappa shape index (κ3) is 9.37. The van der Waals surface area contributed by atoms with Gasteiger partial charge in [0.2, 0.25) is 0 Å². The fraction of sp³-hybridized carbons (Fsp3) is 0.203. The molecule has 66 heavy (non-hydrogen) atoms. The van der Waals surface area contributed by atoms with Gasteiger partial charge in [-0.05, 0) is 71.1 Å². The molecule has 0 saturated carbocycles. The van der Waals surface area contributed by atoms with Crippen LogP contribution in [-0.2, 0) is 31.9 Å². The summed E-state index contributed by atoms with van der Waals surface area (Å²) in [5, 5.41) is 1.02. The Labute approximate surface area is 406 Å². The first-order chi connectivity index (χ1) is 31.3. The van der Waals surface area contributed by atoms with Crippen molar-refractivity contribution in [2.75, 3.05) is 0 Å². The zero-order valence-corrected chi connectivity index (χ0v) is 43.8. The number of furan rings is 1. The normalized spacial score (nSPS) is 11.8. The molecule has 0 unspecified atom stereocenters. The van der Waals surface area contributed by atoms with Crippen LogP contribution in [0.5, 0.6) is 0 Å². The molecule has 0 bridgehead atoms. The Bertz CT molecular complexity index is 3230. The van der Waals surface area contributed by atoms with E-state index in [9.17, 15) is 0 Å². The summed E-state index contributed by atoms with van der Waals surface area (Å²) in [6.45, 7) is 13.5. The van der Waals surface area contributed by atoms with E-state index in [2.05, 4.69) is 191 Å². The van der Waals surface area contributed by atoms with Gasteiger partial charge in [0, 0.05) is 42.4 Å². The molecule has 6 aromatic carbocycles. The number of aromatic nitrogens is 4. The second kappa shape index (κ2) is 19.1. The topological polar surface area (TPSA) is 56.7 Å². The number of fused-ring (bicyclic) bond motifs is 4. The van der Waals surface area contributed by atoms with Crippen LogP contribution in [0.1, 0.15) is 51.3 Å². The van der Waals surface area contributed by atoms with Gasteiger partial charge in [-0.2, -0.15) is 0 Å². The molecule has 0 atom stereocenters. The number of para-hydroxylation sites is 2. The molecule has 7 heteroatoms. The van der Waals surface area contributed by atoms with Gasteiger partial charge >= 0.3 is 126 Å². The maximum atomic E-state index is 6.55. The number of aryl methyl sites for hydroxylation is 1. The summed E-state index contributed by atoms with van der Waals surface area (Å²) < 4.78 is 10.4. The van der Waals surface area contributed by atoms with E-state index in [0.717, 1.165) is 90.1 Å². The van der Waals surface area contributed by atoms with E-state index in [1.165, 1.54) is 11.1 Å². The average Bonchev–Trinajstić information content (AvgIpc) is 3.88. The van der Waals surface area contributed by atoms with Crippen LogP contribution in [0.4, 0.5) is 0 Å². The van der Waals surface area contributed by atoms with Crippen molar-refractivity contribution in [3.8, 4) is 50.6 Å². The van der Waals surface area contributed by atoms with Crippen molar-refractivity contribution in [1.29, 1.82) is 0 Å². The van der Waals surface area contributed by atoms with Crippen molar-refractivity contribution >= 4 is 50.8 Å².